The maximum Gasteiger partial charge on any atom is 0.326 e. The van der Waals surface area contributed by atoms with Crippen LogP contribution in [-0.2, 0) is 9.59 Å². The number of amides is 1. The average Bonchev–Trinajstić information content (AvgIpc) is 2.42. The first-order valence-corrected chi connectivity index (χ1v) is 7.60. The summed E-state index contributed by atoms with van der Waals surface area (Å²) in [5.74, 6) is -0.242. The quantitative estimate of drug-likeness (QED) is 0.688. The van der Waals surface area contributed by atoms with Crippen LogP contribution in [0.2, 0.25) is 0 Å². The smallest absolute Gasteiger partial charge is 0.326 e. The van der Waals surface area contributed by atoms with E-state index in [1.165, 1.54) is 0 Å². The summed E-state index contributed by atoms with van der Waals surface area (Å²) in [4.78, 5) is 22.9. The van der Waals surface area contributed by atoms with Crippen LogP contribution in [0.25, 0.3) is 0 Å². The maximum absolute atomic E-state index is 11.8. The lowest BCUT2D eigenvalue weighted by Gasteiger charge is -2.16. The summed E-state index contributed by atoms with van der Waals surface area (Å²) < 4.78 is 5.56. The minimum atomic E-state index is -0.988. The summed E-state index contributed by atoms with van der Waals surface area (Å²) >= 11 is 0. The SMILES string of the molecule is Cc1cccc(OCCCC(=O)NC(CC(C)C)C(=O)O)c1. The number of aliphatic carboxylic acids is 1. The molecule has 1 rings (SSSR count). The van der Waals surface area contributed by atoms with E-state index in [2.05, 4.69) is 5.32 Å². The topological polar surface area (TPSA) is 75.6 Å². The van der Waals surface area contributed by atoms with Gasteiger partial charge in [-0.3, -0.25) is 4.79 Å². The lowest BCUT2D eigenvalue weighted by molar-refractivity contribution is -0.142. The first-order chi connectivity index (χ1) is 10.4. The summed E-state index contributed by atoms with van der Waals surface area (Å²) in [5.41, 5.74) is 1.12. The lowest BCUT2D eigenvalue weighted by Crippen LogP contribution is -2.41. The fourth-order valence-electron chi connectivity index (χ4n) is 2.09. The van der Waals surface area contributed by atoms with E-state index in [0.717, 1.165) is 11.3 Å². The number of rotatable bonds is 9. The van der Waals surface area contributed by atoms with E-state index in [1.807, 2.05) is 45.0 Å². The molecular weight excluding hydrogens is 282 g/mol. The summed E-state index contributed by atoms with van der Waals surface area (Å²) in [6.07, 6.45) is 1.24. The first kappa shape index (κ1) is 18.0. The zero-order valence-electron chi connectivity index (χ0n) is 13.5. The summed E-state index contributed by atoms with van der Waals surface area (Å²) in [6.45, 7) is 6.27. The van der Waals surface area contributed by atoms with Gasteiger partial charge >= 0.3 is 5.97 Å². The Bertz CT molecular complexity index is 499. The van der Waals surface area contributed by atoms with E-state index in [0.29, 0.717) is 19.4 Å². The number of carboxylic acids is 1. The minimum absolute atomic E-state index is 0.214. The zero-order valence-corrected chi connectivity index (χ0v) is 13.5. The van der Waals surface area contributed by atoms with Crippen LogP contribution in [0.4, 0.5) is 0 Å². The average molecular weight is 307 g/mol. The van der Waals surface area contributed by atoms with Crippen LogP contribution in [0, 0.1) is 12.8 Å². The van der Waals surface area contributed by atoms with Crippen LogP contribution in [0.5, 0.6) is 5.75 Å². The molecule has 2 N–H and O–H groups in total. The second-order valence-corrected chi connectivity index (χ2v) is 5.86. The number of carboxylic acid groups (broad SMARTS) is 1. The molecule has 1 unspecified atom stereocenters. The van der Waals surface area contributed by atoms with E-state index >= 15 is 0 Å². The van der Waals surface area contributed by atoms with Crippen molar-refractivity contribution >= 4 is 11.9 Å². The molecule has 0 aromatic heterocycles. The molecule has 5 heteroatoms. The van der Waals surface area contributed by atoms with Gasteiger partial charge in [-0.05, 0) is 43.4 Å². The Morgan fingerprint density at radius 3 is 2.64 bits per heavy atom. The highest BCUT2D eigenvalue weighted by molar-refractivity contribution is 5.83. The molecule has 1 amide bonds. The summed E-state index contributed by atoms with van der Waals surface area (Å²) in [7, 11) is 0. The van der Waals surface area contributed by atoms with E-state index in [4.69, 9.17) is 9.84 Å². The van der Waals surface area contributed by atoms with Crippen molar-refractivity contribution in [1.82, 2.24) is 5.32 Å². The van der Waals surface area contributed by atoms with Crippen LogP contribution in [0.3, 0.4) is 0 Å². The number of carbonyl (C=O) groups is 2. The van der Waals surface area contributed by atoms with Gasteiger partial charge in [0.1, 0.15) is 11.8 Å². The van der Waals surface area contributed by atoms with E-state index in [-0.39, 0.29) is 18.2 Å². The first-order valence-electron chi connectivity index (χ1n) is 7.60. The number of hydrogen-bond donors (Lipinski definition) is 2. The summed E-state index contributed by atoms with van der Waals surface area (Å²) in [6, 6.07) is 6.89. The normalized spacial score (nSPS) is 12.0. The van der Waals surface area contributed by atoms with Crippen molar-refractivity contribution in [2.24, 2.45) is 5.92 Å². The highest BCUT2D eigenvalue weighted by Gasteiger charge is 2.20. The third-order valence-electron chi connectivity index (χ3n) is 3.15. The highest BCUT2D eigenvalue weighted by atomic mass is 16.5. The van der Waals surface area contributed by atoms with Gasteiger partial charge < -0.3 is 15.2 Å². The Hall–Kier alpha value is -2.04. The third kappa shape index (κ3) is 7.11. The van der Waals surface area contributed by atoms with Crippen LogP contribution in [0.15, 0.2) is 24.3 Å². The van der Waals surface area contributed by atoms with Crippen molar-refractivity contribution < 1.29 is 19.4 Å². The third-order valence-corrected chi connectivity index (χ3v) is 3.15. The molecule has 22 heavy (non-hydrogen) atoms. The molecular formula is C17H25NO4. The largest absolute Gasteiger partial charge is 0.494 e. The van der Waals surface area contributed by atoms with Gasteiger partial charge in [-0.15, -0.1) is 0 Å². The number of ether oxygens (including phenoxy) is 1. The highest BCUT2D eigenvalue weighted by Crippen LogP contribution is 2.12. The molecule has 0 aliphatic rings. The molecule has 1 aromatic carbocycles. The Morgan fingerprint density at radius 1 is 1.32 bits per heavy atom. The van der Waals surface area contributed by atoms with Crippen LogP contribution < -0.4 is 10.1 Å². The van der Waals surface area contributed by atoms with Gasteiger partial charge in [0, 0.05) is 6.42 Å². The predicted octanol–water partition coefficient (Wildman–Crippen LogP) is 2.77. The van der Waals surface area contributed by atoms with Crippen molar-refractivity contribution in [3.05, 3.63) is 29.8 Å². The summed E-state index contributed by atoms with van der Waals surface area (Å²) in [5, 5.41) is 11.6. The maximum atomic E-state index is 11.8. The van der Waals surface area contributed by atoms with Crippen molar-refractivity contribution in [1.29, 1.82) is 0 Å². The van der Waals surface area contributed by atoms with Gasteiger partial charge in [-0.2, -0.15) is 0 Å². The van der Waals surface area contributed by atoms with Crippen LogP contribution in [-0.4, -0.2) is 29.6 Å². The Kier molecular flexibility index (Phi) is 7.43. The Balaban J connectivity index is 2.29. The number of nitrogens with one attached hydrogen (secondary N) is 1. The molecule has 5 nitrogen and oxygen atoms in total. The molecule has 122 valence electrons. The number of carbonyl (C=O) groups excluding carboxylic acids is 1. The zero-order chi connectivity index (χ0) is 16.5. The van der Waals surface area contributed by atoms with Crippen LogP contribution >= 0.6 is 0 Å². The number of benzene rings is 1. The van der Waals surface area contributed by atoms with Crippen molar-refractivity contribution in [3.63, 3.8) is 0 Å². The van der Waals surface area contributed by atoms with Crippen molar-refractivity contribution in [3.8, 4) is 5.75 Å². The van der Waals surface area contributed by atoms with Gasteiger partial charge in [-0.1, -0.05) is 26.0 Å². The molecule has 1 atom stereocenters. The number of aryl methyl sites for hydroxylation is 1. The molecule has 0 aliphatic heterocycles. The molecule has 0 fully saturated rings. The van der Waals surface area contributed by atoms with Crippen molar-refractivity contribution in [2.75, 3.05) is 6.61 Å². The van der Waals surface area contributed by atoms with Gasteiger partial charge in [-0.25, -0.2) is 4.79 Å². The molecule has 0 bridgehead atoms. The fourth-order valence-corrected chi connectivity index (χ4v) is 2.09. The van der Waals surface area contributed by atoms with Gasteiger partial charge in [0.15, 0.2) is 0 Å². The predicted molar refractivity (Wildman–Crippen MR) is 84.9 cm³/mol. The van der Waals surface area contributed by atoms with Gasteiger partial charge in [0.2, 0.25) is 5.91 Å². The monoisotopic (exact) mass is 307 g/mol. The van der Waals surface area contributed by atoms with Gasteiger partial charge in [0.05, 0.1) is 6.61 Å². The molecule has 0 saturated heterocycles. The molecule has 0 heterocycles. The molecule has 0 aliphatic carbocycles. The Morgan fingerprint density at radius 2 is 2.05 bits per heavy atom. The Labute approximate surface area is 131 Å². The molecule has 0 spiro atoms. The van der Waals surface area contributed by atoms with E-state index < -0.39 is 12.0 Å². The fraction of sp³-hybridized carbons (Fsp3) is 0.529. The number of hydrogen-bond acceptors (Lipinski definition) is 3. The lowest BCUT2D eigenvalue weighted by atomic mass is 10.0. The molecule has 0 radical (unpaired) electrons. The van der Waals surface area contributed by atoms with E-state index in [1.54, 1.807) is 0 Å². The second-order valence-electron chi connectivity index (χ2n) is 5.86. The van der Waals surface area contributed by atoms with E-state index in [9.17, 15) is 9.59 Å². The molecule has 0 saturated carbocycles. The molecule has 1 aromatic rings. The second kappa shape index (κ2) is 9.07. The minimum Gasteiger partial charge on any atom is -0.494 e. The standard InChI is InChI=1S/C17H25NO4/c1-12(2)10-15(17(20)21)18-16(19)8-5-9-22-14-7-4-6-13(3)11-14/h4,6-7,11-12,15H,5,8-10H2,1-3H3,(H,18,19)(H,20,21). The van der Waals surface area contributed by atoms with Crippen molar-refractivity contribution in [2.45, 2.75) is 46.1 Å². The van der Waals surface area contributed by atoms with Gasteiger partial charge in [0.25, 0.3) is 0 Å². The van der Waals surface area contributed by atoms with Crippen LogP contribution in [0.1, 0.15) is 38.7 Å².